The molecule has 0 bridgehead atoms. The highest BCUT2D eigenvalue weighted by atomic mass is 16.2. The molecule has 2 N–H and O–H groups in total. The van der Waals surface area contributed by atoms with Gasteiger partial charge >= 0.3 is 0 Å². The third-order valence-corrected chi connectivity index (χ3v) is 7.37. The molecule has 2 saturated carbocycles. The summed E-state index contributed by atoms with van der Waals surface area (Å²) in [5.74, 6) is 1.68. The molecule has 8 heteroatoms. The summed E-state index contributed by atoms with van der Waals surface area (Å²) in [5, 5.41) is 13.2. The van der Waals surface area contributed by atoms with E-state index in [0.29, 0.717) is 22.5 Å². The van der Waals surface area contributed by atoms with E-state index in [0.717, 1.165) is 42.8 Å². The van der Waals surface area contributed by atoms with Gasteiger partial charge in [0, 0.05) is 43.0 Å². The zero-order chi connectivity index (χ0) is 21.2. The number of piperidine rings is 1. The smallest absolute Gasteiger partial charge is 0.233 e. The maximum absolute atomic E-state index is 12.8. The number of fused-ring (bicyclic) bond motifs is 2. The second-order valence-corrected chi connectivity index (χ2v) is 9.10. The van der Waals surface area contributed by atoms with Crippen molar-refractivity contribution in [2.24, 2.45) is 17.3 Å². The van der Waals surface area contributed by atoms with Crippen LogP contribution in [-0.2, 0) is 4.79 Å². The second kappa shape index (κ2) is 6.51. The van der Waals surface area contributed by atoms with E-state index in [-0.39, 0.29) is 23.7 Å². The molecule has 31 heavy (non-hydrogen) atoms. The van der Waals surface area contributed by atoms with Crippen molar-refractivity contribution in [3.05, 3.63) is 41.9 Å². The van der Waals surface area contributed by atoms with Crippen LogP contribution in [0.4, 0.5) is 11.8 Å². The van der Waals surface area contributed by atoms with Gasteiger partial charge in [0.1, 0.15) is 17.5 Å². The largest absolute Gasteiger partial charge is 0.355 e. The lowest BCUT2D eigenvalue weighted by Gasteiger charge is -2.23. The van der Waals surface area contributed by atoms with Crippen LogP contribution in [0.2, 0.25) is 0 Å². The summed E-state index contributed by atoms with van der Waals surface area (Å²) in [7, 11) is 0. The monoisotopic (exact) mass is 413 g/mol. The lowest BCUT2D eigenvalue weighted by Crippen LogP contribution is -2.26. The highest BCUT2D eigenvalue weighted by Crippen LogP contribution is 2.60. The highest BCUT2D eigenvalue weighted by Gasteiger charge is 2.58. The summed E-state index contributed by atoms with van der Waals surface area (Å²) < 4.78 is 0. The first kappa shape index (κ1) is 18.3. The van der Waals surface area contributed by atoms with Crippen molar-refractivity contribution in [3.63, 3.8) is 0 Å². The van der Waals surface area contributed by atoms with Crippen molar-refractivity contribution >= 4 is 28.7 Å². The first-order valence-corrected chi connectivity index (χ1v) is 10.9. The molecule has 4 unspecified atom stereocenters. The minimum Gasteiger partial charge on any atom is -0.355 e. The van der Waals surface area contributed by atoms with E-state index in [1.54, 1.807) is 12.4 Å². The Bertz CT molecular complexity index is 1230. The third-order valence-electron chi connectivity index (χ3n) is 7.37. The van der Waals surface area contributed by atoms with Crippen LogP contribution in [0.15, 0.2) is 30.6 Å². The molecule has 1 saturated heterocycles. The predicted molar refractivity (Wildman–Crippen MR) is 115 cm³/mol. The van der Waals surface area contributed by atoms with Crippen LogP contribution in [0.3, 0.4) is 0 Å². The van der Waals surface area contributed by atoms with Crippen LogP contribution in [0.1, 0.15) is 43.4 Å². The molecular weight excluding hydrogens is 390 g/mol. The number of hydrogen-bond acceptors (Lipinski definition) is 6. The molecule has 1 aliphatic heterocycles. The Balaban J connectivity index is 1.29. The van der Waals surface area contributed by atoms with Gasteiger partial charge in [0.2, 0.25) is 11.9 Å². The van der Waals surface area contributed by atoms with Crippen molar-refractivity contribution in [2.45, 2.75) is 32.1 Å². The number of carbonyl (C=O) groups is 1. The van der Waals surface area contributed by atoms with Gasteiger partial charge in [-0.2, -0.15) is 15.2 Å². The van der Waals surface area contributed by atoms with Crippen molar-refractivity contribution in [3.8, 4) is 6.07 Å². The van der Waals surface area contributed by atoms with Gasteiger partial charge in [-0.1, -0.05) is 13.0 Å². The van der Waals surface area contributed by atoms with Gasteiger partial charge in [-0.15, -0.1) is 0 Å². The lowest BCUT2D eigenvalue weighted by molar-refractivity contribution is -0.117. The van der Waals surface area contributed by atoms with Crippen molar-refractivity contribution in [1.29, 1.82) is 5.26 Å². The summed E-state index contributed by atoms with van der Waals surface area (Å²) in [6, 6.07) is 8.02. The average Bonchev–Trinajstić information content (AvgIpc) is 3.66. The maximum Gasteiger partial charge on any atom is 0.233 e. The van der Waals surface area contributed by atoms with E-state index in [2.05, 4.69) is 38.2 Å². The number of anilines is 2. The summed E-state index contributed by atoms with van der Waals surface area (Å²) >= 11 is 0. The summed E-state index contributed by atoms with van der Waals surface area (Å²) in [6.45, 7) is 4.12. The Morgan fingerprint density at radius 1 is 1.42 bits per heavy atom. The number of hydrogen-bond donors (Lipinski definition) is 2. The van der Waals surface area contributed by atoms with Gasteiger partial charge in [0.15, 0.2) is 0 Å². The number of nitriles is 1. The van der Waals surface area contributed by atoms with Gasteiger partial charge in [-0.05, 0) is 42.7 Å². The molecule has 3 fully saturated rings. The molecule has 1 amide bonds. The van der Waals surface area contributed by atoms with Crippen molar-refractivity contribution in [1.82, 2.24) is 19.9 Å². The molecular formula is C23H23N7O. The SMILES string of the molecule is CCC12CC1CN(c1nc(NC(=O)C3CC3c3ccccn3)nc3[nH]cc(C#N)c13)C2. The molecule has 3 aromatic rings. The number of aromatic amines is 1. The summed E-state index contributed by atoms with van der Waals surface area (Å²) in [5.41, 5.74) is 2.45. The van der Waals surface area contributed by atoms with E-state index in [1.807, 2.05) is 18.2 Å². The lowest BCUT2D eigenvalue weighted by atomic mass is 10.0. The van der Waals surface area contributed by atoms with Gasteiger partial charge < -0.3 is 9.88 Å². The number of nitrogens with zero attached hydrogens (tertiary/aromatic N) is 5. The average molecular weight is 413 g/mol. The number of H-pyrrole nitrogens is 1. The number of carbonyl (C=O) groups excluding carboxylic acids is 1. The molecule has 0 aromatic carbocycles. The first-order valence-electron chi connectivity index (χ1n) is 10.9. The molecule has 3 aliphatic rings. The molecule has 4 atom stereocenters. The molecule has 0 radical (unpaired) electrons. The van der Waals surface area contributed by atoms with Gasteiger partial charge in [0.25, 0.3) is 0 Å². The molecule has 8 nitrogen and oxygen atoms in total. The number of rotatable bonds is 5. The minimum absolute atomic E-state index is 0.0812. The fraction of sp³-hybridized carbons (Fsp3) is 0.435. The molecule has 156 valence electrons. The van der Waals surface area contributed by atoms with Gasteiger partial charge in [0.05, 0.1) is 10.9 Å². The first-order chi connectivity index (χ1) is 15.1. The Morgan fingerprint density at radius 3 is 3.06 bits per heavy atom. The number of aromatic nitrogens is 4. The molecule has 0 spiro atoms. The van der Waals surface area contributed by atoms with Gasteiger partial charge in [-0.3, -0.25) is 15.1 Å². The summed E-state index contributed by atoms with van der Waals surface area (Å²) in [4.78, 5) is 31.8. The Hall–Kier alpha value is -3.47. The fourth-order valence-electron chi connectivity index (χ4n) is 5.30. The second-order valence-electron chi connectivity index (χ2n) is 9.10. The van der Waals surface area contributed by atoms with Crippen LogP contribution >= 0.6 is 0 Å². The van der Waals surface area contributed by atoms with Crippen molar-refractivity contribution < 1.29 is 4.79 Å². The predicted octanol–water partition coefficient (Wildman–Crippen LogP) is 3.20. The summed E-state index contributed by atoms with van der Waals surface area (Å²) in [6.07, 6.45) is 6.63. The van der Waals surface area contributed by atoms with Crippen LogP contribution in [0, 0.1) is 28.6 Å². The minimum atomic E-state index is -0.112. The van der Waals surface area contributed by atoms with Crippen molar-refractivity contribution in [2.75, 3.05) is 23.3 Å². The Labute approximate surface area is 179 Å². The Morgan fingerprint density at radius 2 is 2.32 bits per heavy atom. The third kappa shape index (κ3) is 2.87. The van der Waals surface area contributed by atoms with E-state index in [9.17, 15) is 10.1 Å². The molecule has 6 rings (SSSR count). The van der Waals surface area contributed by atoms with Crippen LogP contribution in [0.5, 0.6) is 0 Å². The zero-order valence-electron chi connectivity index (χ0n) is 17.3. The number of amides is 1. The number of nitrogens with one attached hydrogen (secondary N) is 2. The standard InChI is InChI=1S/C23H23N7O/c1-2-23-8-14(23)11-30(12-23)20-18-13(9-24)10-26-19(18)27-22(28-20)29-21(31)16-7-15(16)17-5-3-4-6-25-17/h3-6,10,14-16H,2,7-8,11-12H2,1H3,(H2,26,27,28,29,31). The highest BCUT2D eigenvalue weighted by molar-refractivity contribution is 5.97. The maximum atomic E-state index is 12.8. The molecule has 2 aliphatic carbocycles. The van der Waals surface area contributed by atoms with Crippen LogP contribution < -0.4 is 10.2 Å². The molecule has 4 heterocycles. The van der Waals surface area contributed by atoms with E-state index < -0.39 is 0 Å². The van der Waals surface area contributed by atoms with E-state index in [4.69, 9.17) is 4.98 Å². The normalized spacial score (nSPS) is 28.3. The fourth-order valence-corrected chi connectivity index (χ4v) is 5.30. The number of pyridine rings is 1. The Kier molecular flexibility index (Phi) is 3.85. The topological polar surface area (TPSA) is 111 Å². The quantitative estimate of drug-likeness (QED) is 0.665. The van der Waals surface area contributed by atoms with E-state index in [1.165, 1.54) is 6.42 Å². The molecule has 3 aromatic heterocycles. The van der Waals surface area contributed by atoms with E-state index >= 15 is 0 Å². The zero-order valence-corrected chi connectivity index (χ0v) is 17.3. The van der Waals surface area contributed by atoms with Crippen LogP contribution in [0.25, 0.3) is 11.0 Å². The van der Waals surface area contributed by atoms with Gasteiger partial charge in [-0.25, -0.2) is 0 Å². The van der Waals surface area contributed by atoms with Crippen LogP contribution in [-0.4, -0.2) is 38.9 Å².